The lowest BCUT2D eigenvalue weighted by molar-refractivity contribution is 0.383. The molecule has 0 amide bonds. The van der Waals surface area contributed by atoms with E-state index in [9.17, 15) is 8.42 Å². The first-order valence-corrected chi connectivity index (χ1v) is 7.44. The largest absolute Gasteiger partial charge is 0.240 e. The van der Waals surface area contributed by atoms with E-state index >= 15 is 0 Å². The van der Waals surface area contributed by atoms with Crippen LogP contribution in [0.2, 0.25) is 0 Å². The van der Waals surface area contributed by atoms with Crippen molar-refractivity contribution in [2.24, 2.45) is 0 Å². The lowest BCUT2D eigenvalue weighted by atomic mass is 10.2. The molecule has 1 aliphatic rings. The Labute approximate surface area is 102 Å². The first-order chi connectivity index (χ1) is 8.04. The van der Waals surface area contributed by atoms with E-state index in [4.69, 9.17) is 0 Å². The SMILES string of the molecule is CCS(=O)(=O)N1CCCC1c1nccc(C)n1. The Morgan fingerprint density at radius 3 is 2.94 bits per heavy atom. The third-order valence-electron chi connectivity index (χ3n) is 3.04. The molecule has 5 nitrogen and oxygen atoms in total. The lowest BCUT2D eigenvalue weighted by Gasteiger charge is -2.22. The minimum absolute atomic E-state index is 0.134. The van der Waals surface area contributed by atoms with E-state index in [1.54, 1.807) is 17.4 Å². The summed E-state index contributed by atoms with van der Waals surface area (Å²) in [4.78, 5) is 8.54. The molecular weight excluding hydrogens is 238 g/mol. The maximum absolute atomic E-state index is 11.9. The number of rotatable bonds is 3. The summed E-state index contributed by atoms with van der Waals surface area (Å²) < 4.78 is 25.4. The first kappa shape index (κ1) is 12.4. The van der Waals surface area contributed by atoms with E-state index < -0.39 is 10.0 Å². The van der Waals surface area contributed by atoms with Crippen LogP contribution in [-0.4, -0.2) is 35.0 Å². The van der Waals surface area contributed by atoms with E-state index in [0.717, 1.165) is 18.5 Å². The Bertz CT molecular complexity index is 501. The number of aromatic nitrogens is 2. The van der Waals surface area contributed by atoms with Gasteiger partial charge in [0.05, 0.1) is 11.8 Å². The predicted molar refractivity (Wildman–Crippen MR) is 64.9 cm³/mol. The molecule has 1 aromatic rings. The maximum atomic E-state index is 11.9. The molecule has 0 aromatic carbocycles. The van der Waals surface area contributed by atoms with Crippen molar-refractivity contribution in [2.75, 3.05) is 12.3 Å². The van der Waals surface area contributed by atoms with Crippen LogP contribution in [0.25, 0.3) is 0 Å². The van der Waals surface area contributed by atoms with Crippen molar-refractivity contribution < 1.29 is 8.42 Å². The van der Waals surface area contributed by atoms with E-state index in [2.05, 4.69) is 9.97 Å². The molecular formula is C11H17N3O2S. The van der Waals surface area contributed by atoms with Crippen molar-refractivity contribution >= 4 is 10.0 Å². The zero-order valence-corrected chi connectivity index (χ0v) is 10.9. The Hall–Kier alpha value is -1.01. The predicted octanol–water partition coefficient (Wildman–Crippen LogP) is 1.27. The van der Waals surface area contributed by atoms with Crippen LogP contribution in [-0.2, 0) is 10.0 Å². The van der Waals surface area contributed by atoms with Crippen LogP contribution < -0.4 is 0 Å². The highest BCUT2D eigenvalue weighted by Crippen LogP contribution is 2.32. The van der Waals surface area contributed by atoms with Crippen LogP contribution in [0.4, 0.5) is 0 Å². The summed E-state index contributed by atoms with van der Waals surface area (Å²) in [5, 5.41) is 0. The zero-order chi connectivity index (χ0) is 12.5. The van der Waals surface area contributed by atoms with Gasteiger partial charge in [0.2, 0.25) is 10.0 Å². The quantitative estimate of drug-likeness (QED) is 0.816. The first-order valence-electron chi connectivity index (χ1n) is 5.83. The molecule has 1 atom stereocenters. The van der Waals surface area contributed by atoms with Crippen LogP contribution in [0.1, 0.15) is 37.3 Å². The summed E-state index contributed by atoms with van der Waals surface area (Å²) in [5.41, 5.74) is 0.871. The molecule has 2 heterocycles. The van der Waals surface area contributed by atoms with E-state index in [0.29, 0.717) is 12.4 Å². The molecule has 0 radical (unpaired) electrons. The summed E-state index contributed by atoms with van der Waals surface area (Å²) >= 11 is 0. The minimum Gasteiger partial charge on any atom is -0.240 e. The summed E-state index contributed by atoms with van der Waals surface area (Å²) in [6, 6.07) is 1.64. The normalized spacial score (nSPS) is 21.9. The minimum atomic E-state index is -3.15. The molecule has 2 rings (SSSR count). The standard InChI is InChI=1S/C11H17N3O2S/c1-3-17(15,16)14-8-4-5-10(14)11-12-7-6-9(2)13-11/h6-7,10H,3-5,8H2,1-2H3. The van der Waals surface area contributed by atoms with Gasteiger partial charge >= 0.3 is 0 Å². The second-order valence-corrected chi connectivity index (χ2v) is 6.44. The molecule has 1 unspecified atom stereocenters. The average molecular weight is 255 g/mol. The van der Waals surface area contributed by atoms with Gasteiger partial charge in [0, 0.05) is 18.4 Å². The number of sulfonamides is 1. The Kier molecular flexibility index (Phi) is 3.44. The Morgan fingerprint density at radius 2 is 2.29 bits per heavy atom. The average Bonchev–Trinajstić information content (AvgIpc) is 2.78. The molecule has 0 spiro atoms. The molecule has 0 aliphatic carbocycles. The van der Waals surface area contributed by atoms with Crippen molar-refractivity contribution in [1.29, 1.82) is 0 Å². The van der Waals surface area contributed by atoms with Crippen molar-refractivity contribution in [3.8, 4) is 0 Å². The van der Waals surface area contributed by atoms with Crippen LogP contribution in [0.15, 0.2) is 12.3 Å². The molecule has 1 fully saturated rings. The van der Waals surface area contributed by atoms with Crippen molar-refractivity contribution in [2.45, 2.75) is 32.7 Å². The zero-order valence-electron chi connectivity index (χ0n) is 10.1. The third kappa shape index (κ3) is 2.47. The second kappa shape index (κ2) is 4.70. The lowest BCUT2D eigenvalue weighted by Crippen LogP contribution is -2.32. The van der Waals surface area contributed by atoms with Crippen molar-refractivity contribution in [1.82, 2.24) is 14.3 Å². The van der Waals surface area contributed by atoms with Gasteiger partial charge < -0.3 is 0 Å². The van der Waals surface area contributed by atoms with Gasteiger partial charge in [-0.3, -0.25) is 0 Å². The van der Waals surface area contributed by atoms with Gasteiger partial charge in [-0.2, -0.15) is 4.31 Å². The van der Waals surface area contributed by atoms with E-state index in [-0.39, 0.29) is 11.8 Å². The van der Waals surface area contributed by atoms with Crippen LogP contribution >= 0.6 is 0 Å². The summed E-state index contributed by atoms with van der Waals surface area (Å²) in [6.45, 7) is 4.14. The van der Waals surface area contributed by atoms with Crippen molar-refractivity contribution in [3.05, 3.63) is 23.8 Å². The monoisotopic (exact) mass is 255 g/mol. The third-order valence-corrected chi connectivity index (χ3v) is 4.92. The molecule has 1 aromatic heterocycles. The second-order valence-electron chi connectivity index (χ2n) is 4.23. The van der Waals surface area contributed by atoms with E-state index in [1.165, 1.54) is 0 Å². The molecule has 0 bridgehead atoms. The molecule has 6 heteroatoms. The highest BCUT2D eigenvalue weighted by Gasteiger charge is 2.35. The van der Waals surface area contributed by atoms with Gasteiger partial charge in [-0.05, 0) is 32.8 Å². The number of hydrogen-bond acceptors (Lipinski definition) is 4. The van der Waals surface area contributed by atoms with Gasteiger partial charge in [-0.1, -0.05) is 0 Å². The van der Waals surface area contributed by atoms with Crippen LogP contribution in [0.5, 0.6) is 0 Å². The van der Waals surface area contributed by atoms with Crippen LogP contribution in [0, 0.1) is 6.92 Å². The molecule has 1 aliphatic heterocycles. The van der Waals surface area contributed by atoms with Gasteiger partial charge in [0.15, 0.2) is 0 Å². The molecule has 0 N–H and O–H groups in total. The highest BCUT2D eigenvalue weighted by atomic mass is 32.2. The van der Waals surface area contributed by atoms with Gasteiger partial charge in [0.25, 0.3) is 0 Å². The molecule has 94 valence electrons. The van der Waals surface area contributed by atoms with Gasteiger partial charge in [0.1, 0.15) is 5.82 Å². The molecule has 17 heavy (non-hydrogen) atoms. The van der Waals surface area contributed by atoms with Crippen LogP contribution in [0.3, 0.4) is 0 Å². The van der Waals surface area contributed by atoms with Gasteiger partial charge in [-0.15, -0.1) is 0 Å². The fourth-order valence-electron chi connectivity index (χ4n) is 2.13. The Balaban J connectivity index is 2.32. The summed E-state index contributed by atoms with van der Waals surface area (Å²) in [5.74, 6) is 0.759. The van der Waals surface area contributed by atoms with E-state index in [1.807, 2.05) is 13.0 Å². The fraction of sp³-hybridized carbons (Fsp3) is 0.636. The fourth-order valence-corrected chi connectivity index (χ4v) is 3.45. The topological polar surface area (TPSA) is 63.2 Å². The maximum Gasteiger partial charge on any atom is 0.214 e. The summed E-state index contributed by atoms with van der Waals surface area (Å²) in [7, 11) is -3.15. The summed E-state index contributed by atoms with van der Waals surface area (Å²) in [6.07, 6.45) is 3.37. The Morgan fingerprint density at radius 1 is 1.53 bits per heavy atom. The number of hydrogen-bond donors (Lipinski definition) is 0. The number of aryl methyl sites for hydroxylation is 1. The van der Waals surface area contributed by atoms with Crippen molar-refractivity contribution in [3.63, 3.8) is 0 Å². The smallest absolute Gasteiger partial charge is 0.214 e. The molecule has 0 saturated carbocycles. The van der Waals surface area contributed by atoms with Gasteiger partial charge in [-0.25, -0.2) is 18.4 Å². The molecule has 1 saturated heterocycles. The number of nitrogens with zero attached hydrogens (tertiary/aromatic N) is 3. The highest BCUT2D eigenvalue weighted by molar-refractivity contribution is 7.89.